The van der Waals surface area contributed by atoms with E-state index in [4.69, 9.17) is 0 Å². The quantitative estimate of drug-likeness (QED) is 0.807. The van der Waals surface area contributed by atoms with E-state index >= 15 is 0 Å². The lowest BCUT2D eigenvalue weighted by Gasteiger charge is -2.21. The minimum Gasteiger partial charge on any atom is -0.342 e. The molecule has 0 bridgehead atoms. The van der Waals surface area contributed by atoms with E-state index in [1.54, 1.807) is 12.4 Å². The fraction of sp³-hybridized carbons (Fsp3) is 0.294. The number of hydrogen-bond acceptors (Lipinski definition) is 2. The van der Waals surface area contributed by atoms with Gasteiger partial charge in [-0.2, -0.15) is 0 Å². The number of hydrogen-bond donors (Lipinski definition) is 0. The Morgan fingerprint density at radius 3 is 2.40 bits per heavy atom. The van der Waals surface area contributed by atoms with E-state index in [-0.39, 0.29) is 5.91 Å². The van der Waals surface area contributed by atoms with Crippen molar-refractivity contribution in [2.24, 2.45) is 0 Å². The molecule has 1 amide bonds. The van der Waals surface area contributed by atoms with Gasteiger partial charge in [-0.1, -0.05) is 30.3 Å². The maximum absolute atomic E-state index is 12.3. The van der Waals surface area contributed by atoms with Crippen LogP contribution in [0, 0.1) is 0 Å². The summed E-state index contributed by atoms with van der Waals surface area (Å²) in [7, 11) is 0. The Morgan fingerprint density at radius 2 is 1.75 bits per heavy atom. The molecule has 1 aromatic heterocycles. The highest BCUT2D eigenvalue weighted by Gasteiger charge is 2.11. The van der Waals surface area contributed by atoms with Gasteiger partial charge in [0, 0.05) is 25.5 Å². The molecule has 0 unspecified atom stereocenters. The number of benzene rings is 1. The number of carbonyl (C=O) groups excluding carboxylic acids is 1. The van der Waals surface area contributed by atoms with Crippen molar-refractivity contribution in [2.45, 2.75) is 19.8 Å². The number of pyridine rings is 1. The molecule has 0 atom stereocenters. The van der Waals surface area contributed by atoms with Gasteiger partial charge in [0.2, 0.25) is 5.91 Å². The van der Waals surface area contributed by atoms with E-state index in [9.17, 15) is 4.79 Å². The molecule has 0 aliphatic heterocycles. The summed E-state index contributed by atoms with van der Waals surface area (Å²) < 4.78 is 0. The van der Waals surface area contributed by atoms with Crippen LogP contribution in [-0.2, 0) is 17.6 Å². The van der Waals surface area contributed by atoms with Crippen LogP contribution in [0.25, 0.3) is 0 Å². The normalized spacial score (nSPS) is 10.2. The monoisotopic (exact) mass is 268 g/mol. The highest BCUT2D eigenvalue weighted by atomic mass is 16.2. The van der Waals surface area contributed by atoms with E-state index in [0.29, 0.717) is 6.42 Å². The predicted molar refractivity (Wildman–Crippen MR) is 80.3 cm³/mol. The van der Waals surface area contributed by atoms with Gasteiger partial charge in [0.25, 0.3) is 0 Å². The Labute approximate surface area is 120 Å². The van der Waals surface area contributed by atoms with Crippen LogP contribution >= 0.6 is 0 Å². The Bertz CT molecular complexity index is 525. The van der Waals surface area contributed by atoms with E-state index in [0.717, 1.165) is 25.1 Å². The van der Waals surface area contributed by atoms with Crippen LogP contribution < -0.4 is 0 Å². The summed E-state index contributed by atoms with van der Waals surface area (Å²) in [4.78, 5) is 18.2. The van der Waals surface area contributed by atoms with Crippen molar-refractivity contribution in [3.63, 3.8) is 0 Å². The standard InChI is InChI=1S/C17H20N2O/c1-2-19(13-10-15-8-11-18-12-9-15)17(20)14-16-6-4-3-5-7-16/h3-9,11-12H,2,10,13-14H2,1H3. The highest BCUT2D eigenvalue weighted by Crippen LogP contribution is 2.05. The average Bonchev–Trinajstić information content (AvgIpc) is 2.50. The minimum absolute atomic E-state index is 0.188. The third-order valence-corrected chi connectivity index (χ3v) is 3.35. The summed E-state index contributed by atoms with van der Waals surface area (Å²) in [5.41, 5.74) is 2.28. The van der Waals surface area contributed by atoms with Crippen molar-refractivity contribution < 1.29 is 4.79 Å². The highest BCUT2D eigenvalue weighted by molar-refractivity contribution is 5.78. The van der Waals surface area contributed by atoms with Gasteiger partial charge in [0.1, 0.15) is 0 Å². The molecule has 104 valence electrons. The zero-order chi connectivity index (χ0) is 14.2. The molecule has 0 saturated carbocycles. The summed E-state index contributed by atoms with van der Waals surface area (Å²) in [6, 6.07) is 13.9. The van der Waals surface area contributed by atoms with Crippen molar-refractivity contribution in [1.29, 1.82) is 0 Å². The van der Waals surface area contributed by atoms with E-state index in [1.807, 2.05) is 54.3 Å². The molecular weight excluding hydrogens is 248 g/mol. The average molecular weight is 268 g/mol. The van der Waals surface area contributed by atoms with Crippen LogP contribution in [0.3, 0.4) is 0 Å². The van der Waals surface area contributed by atoms with Crippen molar-refractivity contribution in [3.8, 4) is 0 Å². The van der Waals surface area contributed by atoms with Crippen LogP contribution in [0.15, 0.2) is 54.9 Å². The lowest BCUT2D eigenvalue weighted by Crippen LogP contribution is -2.33. The van der Waals surface area contributed by atoms with Crippen molar-refractivity contribution >= 4 is 5.91 Å². The second-order valence-corrected chi connectivity index (χ2v) is 4.74. The molecule has 20 heavy (non-hydrogen) atoms. The number of likely N-dealkylation sites (N-methyl/N-ethyl adjacent to an activating group) is 1. The molecule has 2 aromatic rings. The molecule has 0 fully saturated rings. The molecule has 0 radical (unpaired) electrons. The largest absolute Gasteiger partial charge is 0.342 e. The summed E-state index contributed by atoms with van der Waals surface area (Å²) in [6.45, 7) is 3.53. The van der Waals surface area contributed by atoms with Gasteiger partial charge in [-0.25, -0.2) is 0 Å². The lowest BCUT2D eigenvalue weighted by atomic mass is 10.1. The molecular formula is C17H20N2O. The number of aromatic nitrogens is 1. The van der Waals surface area contributed by atoms with Gasteiger partial charge >= 0.3 is 0 Å². The Morgan fingerprint density at radius 1 is 1.05 bits per heavy atom. The fourth-order valence-corrected chi connectivity index (χ4v) is 2.15. The number of amides is 1. The van der Waals surface area contributed by atoms with E-state index in [1.165, 1.54) is 5.56 Å². The van der Waals surface area contributed by atoms with Gasteiger partial charge in [0.05, 0.1) is 6.42 Å². The Hall–Kier alpha value is -2.16. The molecule has 1 aromatic carbocycles. The maximum Gasteiger partial charge on any atom is 0.226 e. The first kappa shape index (κ1) is 14.3. The van der Waals surface area contributed by atoms with Crippen LogP contribution in [-0.4, -0.2) is 28.9 Å². The Balaban J connectivity index is 1.89. The molecule has 2 rings (SSSR count). The second-order valence-electron chi connectivity index (χ2n) is 4.74. The summed E-state index contributed by atoms with van der Waals surface area (Å²) in [6.07, 6.45) is 4.93. The Kier molecular flexibility index (Phi) is 5.30. The van der Waals surface area contributed by atoms with Crippen LogP contribution in [0.1, 0.15) is 18.1 Å². The van der Waals surface area contributed by atoms with Crippen LogP contribution in [0.2, 0.25) is 0 Å². The van der Waals surface area contributed by atoms with Gasteiger partial charge in [0.15, 0.2) is 0 Å². The van der Waals surface area contributed by atoms with Gasteiger partial charge in [-0.3, -0.25) is 9.78 Å². The molecule has 0 N–H and O–H groups in total. The fourth-order valence-electron chi connectivity index (χ4n) is 2.15. The predicted octanol–water partition coefficient (Wildman–Crippen LogP) is 2.72. The third-order valence-electron chi connectivity index (χ3n) is 3.35. The number of rotatable bonds is 6. The number of nitrogens with zero attached hydrogens (tertiary/aromatic N) is 2. The molecule has 0 aliphatic rings. The molecule has 3 nitrogen and oxygen atoms in total. The topological polar surface area (TPSA) is 33.2 Å². The molecule has 0 aliphatic carbocycles. The van der Waals surface area contributed by atoms with Crippen molar-refractivity contribution in [2.75, 3.05) is 13.1 Å². The smallest absolute Gasteiger partial charge is 0.226 e. The lowest BCUT2D eigenvalue weighted by molar-refractivity contribution is -0.130. The van der Waals surface area contributed by atoms with Crippen molar-refractivity contribution in [1.82, 2.24) is 9.88 Å². The second kappa shape index (κ2) is 7.43. The first-order valence-corrected chi connectivity index (χ1v) is 7.00. The number of carbonyl (C=O) groups is 1. The van der Waals surface area contributed by atoms with E-state index in [2.05, 4.69) is 4.98 Å². The molecule has 0 saturated heterocycles. The first-order valence-electron chi connectivity index (χ1n) is 7.00. The minimum atomic E-state index is 0.188. The van der Waals surface area contributed by atoms with Crippen LogP contribution in [0.4, 0.5) is 0 Å². The summed E-state index contributed by atoms with van der Waals surface area (Å²) in [5, 5.41) is 0. The first-order chi connectivity index (χ1) is 9.79. The van der Waals surface area contributed by atoms with Gasteiger partial charge < -0.3 is 4.90 Å². The van der Waals surface area contributed by atoms with Gasteiger partial charge in [-0.05, 0) is 36.6 Å². The molecule has 3 heteroatoms. The maximum atomic E-state index is 12.3. The third kappa shape index (κ3) is 4.19. The zero-order valence-electron chi connectivity index (χ0n) is 11.8. The van der Waals surface area contributed by atoms with E-state index < -0.39 is 0 Å². The molecule has 1 heterocycles. The van der Waals surface area contributed by atoms with Gasteiger partial charge in [-0.15, -0.1) is 0 Å². The van der Waals surface area contributed by atoms with Crippen LogP contribution in [0.5, 0.6) is 0 Å². The summed E-state index contributed by atoms with van der Waals surface area (Å²) >= 11 is 0. The SMILES string of the molecule is CCN(CCc1ccncc1)C(=O)Cc1ccccc1. The zero-order valence-corrected chi connectivity index (χ0v) is 11.8. The van der Waals surface area contributed by atoms with Crippen molar-refractivity contribution in [3.05, 3.63) is 66.0 Å². The summed E-state index contributed by atoms with van der Waals surface area (Å²) in [5.74, 6) is 0.188. The molecule has 0 spiro atoms.